The summed E-state index contributed by atoms with van der Waals surface area (Å²) >= 11 is -2.14. The summed E-state index contributed by atoms with van der Waals surface area (Å²) in [5.41, 5.74) is 0. The molecule has 0 aromatic carbocycles. The summed E-state index contributed by atoms with van der Waals surface area (Å²) in [6, 6.07) is 0. The molecule has 0 aliphatic rings. The summed E-state index contributed by atoms with van der Waals surface area (Å²) in [5, 5.41) is 0. The Morgan fingerprint density at radius 1 is 1.64 bits per heavy atom. The minimum Gasteiger partial charge on any atom is -0.772 e. The molecular formula is C5H9NaO4S. The van der Waals surface area contributed by atoms with Gasteiger partial charge in [-0.3, -0.25) is 9.00 Å². The average molecular weight is 188 g/mol. The van der Waals surface area contributed by atoms with E-state index in [-0.39, 0.29) is 41.7 Å². The first-order valence-corrected chi connectivity index (χ1v) is 4.12. The van der Waals surface area contributed by atoms with Crippen molar-refractivity contribution in [3.8, 4) is 0 Å². The predicted molar refractivity (Wildman–Crippen MR) is 35.0 cm³/mol. The maximum Gasteiger partial charge on any atom is 1.00 e. The van der Waals surface area contributed by atoms with E-state index in [9.17, 15) is 13.6 Å². The van der Waals surface area contributed by atoms with Crippen LogP contribution < -0.4 is 29.6 Å². The van der Waals surface area contributed by atoms with Crippen molar-refractivity contribution in [1.29, 1.82) is 0 Å². The van der Waals surface area contributed by atoms with Crippen LogP contribution in [-0.4, -0.2) is 27.1 Å². The van der Waals surface area contributed by atoms with Gasteiger partial charge in [0.2, 0.25) is 0 Å². The first-order chi connectivity index (χ1) is 4.66. The first-order valence-electron chi connectivity index (χ1n) is 2.88. The molecule has 0 bridgehead atoms. The Kier molecular flexibility index (Phi) is 11.1. The molecule has 0 aliphatic heterocycles. The van der Waals surface area contributed by atoms with Crippen molar-refractivity contribution in [3.05, 3.63) is 0 Å². The van der Waals surface area contributed by atoms with Gasteiger partial charge >= 0.3 is 35.5 Å². The van der Waals surface area contributed by atoms with E-state index in [2.05, 4.69) is 4.74 Å². The van der Waals surface area contributed by atoms with Crippen LogP contribution in [0.2, 0.25) is 0 Å². The summed E-state index contributed by atoms with van der Waals surface area (Å²) < 4.78 is 24.3. The Hall–Kier alpha value is 0.580. The topological polar surface area (TPSA) is 66.4 Å². The molecule has 0 spiro atoms. The molecule has 0 N–H and O–H groups in total. The van der Waals surface area contributed by atoms with Gasteiger partial charge in [0.25, 0.3) is 0 Å². The molecule has 0 fully saturated rings. The molecule has 0 saturated heterocycles. The average Bonchev–Trinajstić information content (AvgIpc) is 1.85. The Balaban J connectivity index is 0. The Morgan fingerprint density at radius 2 is 2.18 bits per heavy atom. The molecule has 60 valence electrons. The van der Waals surface area contributed by atoms with Gasteiger partial charge < -0.3 is 9.29 Å². The fraction of sp³-hybridized carbons (Fsp3) is 0.800. The second-order valence-corrected chi connectivity index (χ2v) is 2.58. The van der Waals surface area contributed by atoms with Crippen LogP contribution in [0.1, 0.15) is 13.3 Å². The largest absolute Gasteiger partial charge is 1.00 e. The first kappa shape index (κ1) is 14.1. The van der Waals surface area contributed by atoms with Crippen LogP contribution in [0.3, 0.4) is 0 Å². The predicted octanol–water partition coefficient (Wildman–Crippen LogP) is -3.18. The number of hydrogen-bond donors (Lipinski definition) is 0. The Bertz CT molecular complexity index is 138. The van der Waals surface area contributed by atoms with Crippen LogP contribution in [0.5, 0.6) is 0 Å². The number of carbonyl (C=O) groups excluding carboxylic acids is 1. The zero-order valence-electron chi connectivity index (χ0n) is 6.66. The molecule has 0 radical (unpaired) electrons. The normalized spacial score (nSPS) is 11.5. The third-order valence-corrected chi connectivity index (χ3v) is 1.32. The molecule has 1 unspecified atom stereocenters. The van der Waals surface area contributed by atoms with Crippen molar-refractivity contribution in [2.75, 3.05) is 12.4 Å². The van der Waals surface area contributed by atoms with Gasteiger partial charge in [-0.1, -0.05) is 11.1 Å². The fourth-order valence-electron chi connectivity index (χ4n) is 0.400. The van der Waals surface area contributed by atoms with E-state index in [4.69, 9.17) is 0 Å². The van der Waals surface area contributed by atoms with Gasteiger partial charge in [-0.05, 0) is 6.92 Å². The molecule has 0 aliphatic carbocycles. The van der Waals surface area contributed by atoms with E-state index in [1.807, 2.05) is 0 Å². The number of hydrogen-bond acceptors (Lipinski definition) is 4. The van der Waals surface area contributed by atoms with Crippen molar-refractivity contribution in [2.45, 2.75) is 13.3 Å². The number of esters is 1. The van der Waals surface area contributed by atoms with Gasteiger partial charge in [-0.25, -0.2) is 0 Å². The molecule has 6 heteroatoms. The molecule has 0 aromatic heterocycles. The Labute approximate surface area is 90.3 Å². The maximum atomic E-state index is 10.5. The van der Waals surface area contributed by atoms with Crippen LogP contribution in [0, 0.1) is 0 Å². The molecule has 0 amide bonds. The zero-order chi connectivity index (χ0) is 7.98. The van der Waals surface area contributed by atoms with Crippen LogP contribution in [0.25, 0.3) is 0 Å². The molecule has 1 atom stereocenters. The second-order valence-electron chi connectivity index (χ2n) is 1.56. The molecule has 0 aromatic rings. The number of carbonyl (C=O) groups is 1. The van der Waals surface area contributed by atoms with E-state index in [1.165, 1.54) is 0 Å². The molecule has 4 nitrogen and oxygen atoms in total. The summed E-state index contributed by atoms with van der Waals surface area (Å²) in [4.78, 5) is 10.5. The number of rotatable bonds is 4. The SMILES string of the molecule is CCOC(=O)CCS(=O)[O-].[Na+]. The maximum absolute atomic E-state index is 10.5. The minimum absolute atomic E-state index is 0. The summed E-state index contributed by atoms with van der Waals surface area (Å²) in [5.74, 6) is -0.620. The third-order valence-electron chi connectivity index (χ3n) is 0.778. The second kappa shape index (κ2) is 8.67. The molecule has 0 rings (SSSR count). The molecule has 0 saturated carbocycles. The smallest absolute Gasteiger partial charge is 0.772 e. The van der Waals surface area contributed by atoms with Gasteiger partial charge in [0.15, 0.2) is 0 Å². The fourth-order valence-corrected chi connectivity index (χ4v) is 0.733. The standard InChI is InChI=1S/C5H10O4S.Na/c1-2-9-5(6)3-4-10(7)8;/h2-4H2,1H3,(H,7,8);/q;+1/p-1. The van der Waals surface area contributed by atoms with E-state index >= 15 is 0 Å². The van der Waals surface area contributed by atoms with E-state index in [1.54, 1.807) is 6.92 Å². The van der Waals surface area contributed by atoms with Crippen LogP contribution >= 0.6 is 0 Å². The monoisotopic (exact) mass is 188 g/mol. The van der Waals surface area contributed by atoms with Gasteiger partial charge in [0, 0.05) is 5.75 Å². The van der Waals surface area contributed by atoms with Crippen molar-refractivity contribution in [3.63, 3.8) is 0 Å². The van der Waals surface area contributed by atoms with Crippen LogP contribution in [0.4, 0.5) is 0 Å². The van der Waals surface area contributed by atoms with Crippen LogP contribution in [-0.2, 0) is 20.6 Å². The van der Waals surface area contributed by atoms with Crippen molar-refractivity contribution in [2.24, 2.45) is 0 Å². The zero-order valence-corrected chi connectivity index (χ0v) is 9.48. The molecular weight excluding hydrogens is 179 g/mol. The molecule has 11 heavy (non-hydrogen) atoms. The van der Waals surface area contributed by atoms with Gasteiger partial charge in [0.05, 0.1) is 13.0 Å². The quantitative estimate of drug-likeness (QED) is 0.265. The minimum atomic E-state index is -2.14. The van der Waals surface area contributed by atoms with Gasteiger partial charge in [-0.15, -0.1) is 0 Å². The van der Waals surface area contributed by atoms with E-state index in [0.717, 1.165) is 0 Å². The van der Waals surface area contributed by atoms with Crippen LogP contribution in [0.15, 0.2) is 0 Å². The summed E-state index contributed by atoms with van der Waals surface area (Å²) in [6.45, 7) is 1.97. The summed E-state index contributed by atoms with van der Waals surface area (Å²) in [7, 11) is 0. The van der Waals surface area contributed by atoms with Gasteiger partial charge in [0.1, 0.15) is 0 Å². The van der Waals surface area contributed by atoms with E-state index in [0.29, 0.717) is 6.61 Å². The van der Waals surface area contributed by atoms with Crippen molar-refractivity contribution >= 4 is 17.0 Å². The third kappa shape index (κ3) is 10.6. The molecule has 0 heterocycles. The van der Waals surface area contributed by atoms with Crippen molar-refractivity contribution < 1.29 is 47.9 Å². The summed E-state index contributed by atoms with van der Waals surface area (Å²) in [6.07, 6.45) is -0.0516. The van der Waals surface area contributed by atoms with E-state index < -0.39 is 17.0 Å². The Morgan fingerprint density at radius 3 is 2.55 bits per heavy atom. The van der Waals surface area contributed by atoms with Crippen molar-refractivity contribution in [1.82, 2.24) is 0 Å². The van der Waals surface area contributed by atoms with Gasteiger partial charge in [-0.2, -0.15) is 0 Å². The number of ether oxygens (including phenoxy) is 1.